The van der Waals surface area contributed by atoms with Crippen LogP contribution in [-0.4, -0.2) is 6.54 Å². The second kappa shape index (κ2) is 5.49. The lowest BCUT2D eigenvalue weighted by Gasteiger charge is -2.19. The Bertz CT molecular complexity index is 409. The summed E-state index contributed by atoms with van der Waals surface area (Å²) in [5, 5.41) is 3.67. The summed E-state index contributed by atoms with van der Waals surface area (Å²) in [5.41, 5.74) is -0.0682. The van der Waals surface area contributed by atoms with E-state index in [4.69, 9.17) is 11.6 Å². The Morgan fingerprint density at radius 1 is 1.17 bits per heavy atom. The zero-order valence-electron chi connectivity index (χ0n) is 9.86. The first kappa shape index (κ1) is 13.7. The maximum atomic E-state index is 12.7. The topological polar surface area (TPSA) is 12.0 Å². The molecular weight excluding hydrogens is 263 g/mol. The van der Waals surface area contributed by atoms with E-state index in [9.17, 15) is 13.2 Å². The lowest BCUT2D eigenvalue weighted by atomic mass is 9.99. The summed E-state index contributed by atoms with van der Waals surface area (Å²) in [6, 6.07) is 3.47. The van der Waals surface area contributed by atoms with Crippen molar-refractivity contribution < 1.29 is 13.2 Å². The minimum Gasteiger partial charge on any atom is -0.310 e. The van der Waals surface area contributed by atoms with E-state index in [-0.39, 0.29) is 6.04 Å². The summed E-state index contributed by atoms with van der Waals surface area (Å²) in [7, 11) is 0. The molecule has 0 aromatic heterocycles. The van der Waals surface area contributed by atoms with E-state index in [0.717, 1.165) is 38.3 Å². The van der Waals surface area contributed by atoms with E-state index in [1.54, 1.807) is 0 Å². The van der Waals surface area contributed by atoms with Crippen LogP contribution < -0.4 is 5.32 Å². The minimum atomic E-state index is -4.32. The van der Waals surface area contributed by atoms with E-state index in [2.05, 4.69) is 5.32 Å². The second-order valence-corrected chi connectivity index (χ2v) is 5.00. The summed E-state index contributed by atoms with van der Waals surface area (Å²) in [6.45, 7) is 0.831. The molecule has 0 radical (unpaired) electrons. The molecule has 0 amide bonds. The van der Waals surface area contributed by atoms with Crippen LogP contribution in [0.4, 0.5) is 13.2 Å². The molecule has 2 rings (SSSR count). The average molecular weight is 278 g/mol. The van der Waals surface area contributed by atoms with Gasteiger partial charge in [-0.3, -0.25) is 0 Å². The molecule has 0 aliphatic carbocycles. The van der Waals surface area contributed by atoms with Gasteiger partial charge in [0.05, 0.1) is 5.56 Å². The normalized spacial score (nSPS) is 21.7. The van der Waals surface area contributed by atoms with Gasteiger partial charge in [-0.25, -0.2) is 0 Å². The van der Waals surface area contributed by atoms with Gasteiger partial charge < -0.3 is 5.32 Å². The third kappa shape index (κ3) is 3.18. The molecule has 1 saturated heterocycles. The number of hydrogen-bond acceptors (Lipinski definition) is 1. The van der Waals surface area contributed by atoms with Crippen molar-refractivity contribution in [3.63, 3.8) is 0 Å². The van der Waals surface area contributed by atoms with Crippen LogP contribution in [0.15, 0.2) is 18.2 Å². The molecule has 1 aliphatic heterocycles. The fraction of sp³-hybridized carbons (Fsp3) is 0.538. The Kier molecular flexibility index (Phi) is 4.17. The van der Waals surface area contributed by atoms with Gasteiger partial charge in [0.1, 0.15) is 0 Å². The summed E-state index contributed by atoms with van der Waals surface area (Å²) in [5.74, 6) is 0. The van der Waals surface area contributed by atoms with Crippen LogP contribution in [-0.2, 0) is 6.18 Å². The number of halogens is 4. The molecule has 1 aromatic rings. The number of alkyl halides is 3. The maximum absolute atomic E-state index is 12.7. The minimum absolute atomic E-state index is 0.0673. The van der Waals surface area contributed by atoms with Gasteiger partial charge in [-0.2, -0.15) is 13.2 Å². The Hall–Kier alpha value is -0.740. The van der Waals surface area contributed by atoms with Crippen molar-refractivity contribution in [2.24, 2.45) is 0 Å². The largest absolute Gasteiger partial charge is 0.416 e. The molecule has 1 nitrogen and oxygen atoms in total. The van der Waals surface area contributed by atoms with Gasteiger partial charge in [0.2, 0.25) is 0 Å². The lowest BCUT2D eigenvalue weighted by Crippen LogP contribution is -2.21. The van der Waals surface area contributed by atoms with Crippen molar-refractivity contribution >= 4 is 11.6 Å². The molecular formula is C13H15ClF3N. The monoisotopic (exact) mass is 277 g/mol. The Morgan fingerprint density at radius 2 is 1.94 bits per heavy atom. The molecule has 5 heteroatoms. The highest BCUT2D eigenvalue weighted by molar-refractivity contribution is 6.31. The van der Waals surface area contributed by atoms with Crippen LogP contribution in [0.2, 0.25) is 5.02 Å². The van der Waals surface area contributed by atoms with E-state index in [1.807, 2.05) is 0 Å². The fourth-order valence-electron chi connectivity index (χ4n) is 2.28. The van der Waals surface area contributed by atoms with Gasteiger partial charge in [0, 0.05) is 11.1 Å². The van der Waals surface area contributed by atoms with Crippen molar-refractivity contribution in [3.8, 4) is 0 Å². The summed E-state index contributed by atoms with van der Waals surface area (Å²) in [4.78, 5) is 0. The van der Waals surface area contributed by atoms with Crippen molar-refractivity contribution in [3.05, 3.63) is 34.3 Å². The molecule has 0 saturated carbocycles. The molecule has 1 aliphatic rings. The molecule has 100 valence electrons. The van der Waals surface area contributed by atoms with E-state index < -0.39 is 11.7 Å². The molecule has 1 aromatic carbocycles. The van der Waals surface area contributed by atoms with E-state index in [0.29, 0.717) is 10.6 Å². The number of rotatable bonds is 1. The van der Waals surface area contributed by atoms with Crippen molar-refractivity contribution in [2.45, 2.75) is 37.9 Å². The third-order valence-electron chi connectivity index (χ3n) is 3.26. The van der Waals surface area contributed by atoms with Gasteiger partial charge in [0.15, 0.2) is 0 Å². The van der Waals surface area contributed by atoms with Gasteiger partial charge >= 0.3 is 6.18 Å². The molecule has 0 spiro atoms. The van der Waals surface area contributed by atoms with Gasteiger partial charge in [-0.1, -0.05) is 24.4 Å². The predicted molar refractivity (Wildman–Crippen MR) is 65.7 cm³/mol. The fourth-order valence-corrected chi connectivity index (χ4v) is 2.53. The highest BCUT2D eigenvalue weighted by Crippen LogP contribution is 2.35. The molecule has 1 unspecified atom stereocenters. The first-order valence-electron chi connectivity index (χ1n) is 6.08. The molecule has 1 N–H and O–H groups in total. The molecule has 18 heavy (non-hydrogen) atoms. The smallest absolute Gasteiger partial charge is 0.310 e. The van der Waals surface area contributed by atoms with Crippen LogP contribution in [0, 0.1) is 0 Å². The molecule has 1 fully saturated rings. The number of nitrogens with one attached hydrogen (secondary N) is 1. The van der Waals surface area contributed by atoms with Gasteiger partial charge in [-0.15, -0.1) is 0 Å². The van der Waals surface area contributed by atoms with E-state index in [1.165, 1.54) is 12.1 Å². The predicted octanol–water partition coefficient (Wildman–Crippen LogP) is 4.56. The Labute approximate surface area is 109 Å². The molecule has 1 atom stereocenters. The van der Waals surface area contributed by atoms with Crippen molar-refractivity contribution in [2.75, 3.05) is 6.54 Å². The van der Waals surface area contributed by atoms with Crippen LogP contribution in [0.3, 0.4) is 0 Å². The van der Waals surface area contributed by atoms with Gasteiger partial charge in [-0.05, 0) is 43.1 Å². The molecule has 1 heterocycles. The summed E-state index contributed by atoms with van der Waals surface area (Å²) < 4.78 is 38.1. The highest BCUT2D eigenvalue weighted by Gasteiger charge is 2.31. The quantitative estimate of drug-likeness (QED) is 0.793. The van der Waals surface area contributed by atoms with E-state index >= 15 is 0 Å². The summed E-state index contributed by atoms with van der Waals surface area (Å²) in [6.07, 6.45) is -0.289. The zero-order valence-corrected chi connectivity index (χ0v) is 10.6. The summed E-state index contributed by atoms with van der Waals surface area (Å²) >= 11 is 6.03. The Morgan fingerprint density at radius 3 is 2.67 bits per heavy atom. The lowest BCUT2D eigenvalue weighted by molar-refractivity contribution is -0.137. The number of hydrogen-bond donors (Lipinski definition) is 1. The second-order valence-electron chi connectivity index (χ2n) is 4.59. The standard InChI is InChI=1S/C13H15ClF3N/c14-11-6-5-9(13(15,16)17)8-10(11)12-4-2-1-3-7-18-12/h5-6,8,12,18H,1-4,7H2. The molecule has 0 bridgehead atoms. The number of benzene rings is 1. The van der Waals surface area contributed by atoms with Crippen LogP contribution >= 0.6 is 11.6 Å². The van der Waals surface area contributed by atoms with Crippen molar-refractivity contribution in [1.29, 1.82) is 0 Å². The highest BCUT2D eigenvalue weighted by atomic mass is 35.5. The maximum Gasteiger partial charge on any atom is 0.416 e. The SMILES string of the molecule is FC(F)(F)c1ccc(Cl)c(C2CCCCCN2)c1. The van der Waals surface area contributed by atoms with Crippen molar-refractivity contribution in [1.82, 2.24) is 5.32 Å². The first-order chi connectivity index (χ1) is 8.48. The van der Waals surface area contributed by atoms with Crippen LogP contribution in [0.5, 0.6) is 0 Å². The zero-order chi connectivity index (χ0) is 13.2. The Balaban J connectivity index is 2.30. The first-order valence-corrected chi connectivity index (χ1v) is 6.46. The third-order valence-corrected chi connectivity index (χ3v) is 3.60. The average Bonchev–Trinajstić information content (AvgIpc) is 2.56. The van der Waals surface area contributed by atoms with Crippen LogP contribution in [0.1, 0.15) is 42.9 Å². The van der Waals surface area contributed by atoms with Crippen LogP contribution in [0.25, 0.3) is 0 Å². The van der Waals surface area contributed by atoms with Gasteiger partial charge in [0.25, 0.3) is 0 Å².